The van der Waals surface area contributed by atoms with Crippen LogP contribution in [0.2, 0.25) is 5.28 Å². The second-order valence-electron chi connectivity index (χ2n) is 7.50. The molecule has 1 aromatic carbocycles. The van der Waals surface area contributed by atoms with E-state index in [9.17, 15) is 20.1 Å². The van der Waals surface area contributed by atoms with Crippen LogP contribution in [0.4, 0.5) is 17.3 Å². The lowest BCUT2D eigenvalue weighted by molar-refractivity contribution is -0.116. The number of aliphatic hydroxyl groups excluding tert-OH is 3. The molecule has 2 aliphatic rings. The lowest BCUT2D eigenvalue weighted by Crippen LogP contribution is -2.47. The molecule has 4 rings (SSSR count). The number of hydrogen-bond acceptors (Lipinski definition) is 10. The summed E-state index contributed by atoms with van der Waals surface area (Å²) in [4.78, 5) is 23.5. The van der Waals surface area contributed by atoms with Crippen LogP contribution in [0, 0.1) is 3.57 Å². The standard InChI is InChI=1S/C19H22ClIN6O5/c20-19-24-16(23-5-9-2-1-3-10(21)4-9)13-17(25-19)27(8-26(13)6-12(22)29)18-15(31)14(30)11(7-28)32-18/h1-4,11,14-15,18,28,30-31H,5-8H2,(H2,22,29)(H,23,24,25)/t11-,14?,15?,18-/m1/s1. The van der Waals surface area contributed by atoms with Crippen molar-refractivity contribution in [3.05, 3.63) is 38.7 Å². The summed E-state index contributed by atoms with van der Waals surface area (Å²) >= 11 is 8.42. The maximum atomic E-state index is 11.7. The number of amides is 1. The van der Waals surface area contributed by atoms with Gasteiger partial charge >= 0.3 is 0 Å². The van der Waals surface area contributed by atoms with Crippen LogP contribution in [0.1, 0.15) is 5.56 Å². The number of aromatic nitrogens is 2. The van der Waals surface area contributed by atoms with E-state index in [0.29, 0.717) is 23.9 Å². The first-order chi connectivity index (χ1) is 15.3. The third-order valence-electron chi connectivity index (χ3n) is 5.27. The van der Waals surface area contributed by atoms with Crippen molar-refractivity contribution in [2.45, 2.75) is 31.1 Å². The van der Waals surface area contributed by atoms with E-state index in [1.807, 2.05) is 24.3 Å². The summed E-state index contributed by atoms with van der Waals surface area (Å²) in [5, 5.41) is 33.3. The molecule has 0 radical (unpaired) electrons. The molecule has 0 spiro atoms. The molecule has 1 aromatic heterocycles. The number of nitrogens with zero attached hydrogens (tertiary/aromatic N) is 4. The summed E-state index contributed by atoms with van der Waals surface area (Å²) in [7, 11) is 0. The highest BCUT2D eigenvalue weighted by molar-refractivity contribution is 14.1. The number of carbonyl (C=O) groups excluding carboxylic acids is 1. The predicted molar refractivity (Wildman–Crippen MR) is 125 cm³/mol. The van der Waals surface area contributed by atoms with Gasteiger partial charge < -0.3 is 40.9 Å². The summed E-state index contributed by atoms with van der Waals surface area (Å²) < 4.78 is 6.74. The molecule has 172 valence electrons. The summed E-state index contributed by atoms with van der Waals surface area (Å²) in [5.41, 5.74) is 6.93. The van der Waals surface area contributed by atoms with E-state index in [2.05, 4.69) is 37.9 Å². The molecule has 2 aliphatic heterocycles. The Bertz CT molecular complexity index is 1020. The topological polar surface area (TPSA) is 157 Å². The number of nitrogens with two attached hydrogens (primary N) is 1. The normalized spacial score (nSPS) is 24.7. The molecule has 1 saturated heterocycles. The zero-order valence-corrected chi connectivity index (χ0v) is 19.6. The number of carbonyl (C=O) groups is 1. The van der Waals surface area contributed by atoms with Crippen molar-refractivity contribution < 1.29 is 24.9 Å². The fraction of sp³-hybridized carbons (Fsp3) is 0.421. The van der Waals surface area contributed by atoms with E-state index in [1.165, 1.54) is 0 Å². The third-order valence-corrected chi connectivity index (χ3v) is 6.11. The van der Waals surface area contributed by atoms with Crippen molar-refractivity contribution in [2.24, 2.45) is 5.73 Å². The Hall–Kier alpha value is -1.97. The van der Waals surface area contributed by atoms with Crippen LogP contribution in [-0.2, 0) is 16.1 Å². The molecule has 1 amide bonds. The molecule has 32 heavy (non-hydrogen) atoms. The van der Waals surface area contributed by atoms with E-state index in [1.54, 1.807) is 9.80 Å². The van der Waals surface area contributed by atoms with Crippen LogP contribution >= 0.6 is 34.2 Å². The van der Waals surface area contributed by atoms with Crippen molar-refractivity contribution >= 4 is 57.4 Å². The second kappa shape index (κ2) is 9.49. The van der Waals surface area contributed by atoms with Gasteiger partial charge in [0.2, 0.25) is 11.2 Å². The number of ether oxygens (including phenoxy) is 1. The SMILES string of the molecule is NC(=O)CN1CN([C@@H]2O[C@H](CO)C(O)C2O)c2nc(Cl)nc(NCc3cccc(I)c3)c21. The summed E-state index contributed by atoms with van der Waals surface area (Å²) in [5.74, 6) is 0.123. The van der Waals surface area contributed by atoms with Gasteiger partial charge in [-0.3, -0.25) is 4.79 Å². The Labute approximate surface area is 202 Å². The maximum Gasteiger partial charge on any atom is 0.237 e. The number of rotatable bonds is 7. The minimum atomic E-state index is -1.31. The number of aliphatic hydroxyl groups is 3. The molecule has 11 nitrogen and oxygen atoms in total. The maximum absolute atomic E-state index is 11.7. The average Bonchev–Trinajstić information content (AvgIpc) is 3.23. The van der Waals surface area contributed by atoms with Gasteiger partial charge in [0.25, 0.3) is 0 Å². The molecule has 3 heterocycles. The first kappa shape index (κ1) is 23.2. The number of benzene rings is 1. The number of hydrogen-bond donors (Lipinski definition) is 5. The van der Waals surface area contributed by atoms with Gasteiger partial charge in [0, 0.05) is 10.1 Å². The highest BCUT2D eigenvalue weighted by Gasteiger charge is 2.48. The van der Waals surface area contributed by atoms with Crippen molar-refractivity contribution in [1.82, 2.24) is 9.97 Å². The number of primary amides is 1. The number of fused-ring (bicyclic) bond motifs is 1. The molecule has 2 unspecified atom stereocenters. The molecule has 4 atom stereocenters. The first-order valence-corrected chi connectivity index (χ1v) is 11.2. The van der Waals surface area contributed by atoms with E-state index in [-0.39, 0.29) is 18.5 Å². The summed E-state index contributed by atoms with van der Waals surface area (Å²) in [6.45, 7) is -0.0818. The first-order valence-electron chi connectivity index (χ1n) is 9.76. The fourth-order valence-corrected chi connectivity index (χ4v) is 4.61. The largest absolute Gasteiger partial charge is 0.394 e. The molecule has 2 aromatic rings. The molecule has 13 heteroatoms. The van der Waals surface area contributed by atoms with Gasteiger partial charge in [-0.15, -0.1) is 0 Å². The van der Waals surface area contributed by atoms with Crippen molar-refractivity contribution in [3.8, 4) is 0 Å². The molecule has 0 bridgehead atoms. The van der Waals surface area contributed by atoms with Gasteiger partial charge in [0.15, 0.2) is 17.9 Å². The Morgan fingerprint density at radius 3 is 2.78 bits per heavy atom. The predicted octanol–water partition coefficient (Wildman–Crippen LogP) is -0.145. The lowest BCUT2D eigenvalue weighted by Gasteiger charge is -2.28. The molecular weight excluding hydrogens is 555 g/mol. The Kier molecular flexibility index (Phi) is 6.88. The number of anilines is 3. The monoisotopic (exact) mass is 576 g/mol. The van der Waals surface area contributed by atoms with E-state index in [0.717, 1.165) is 9.13 Å². The van der Waals surface area contributed by atoms with Gasteiger partial charge in [0.05, 0.1) is 19.8 Å². The van der Waals surface area contributed by atoms with Crippen LogP contribution in [0.3, 0.4) is 0 Å². The minimum Gasteiger partial charge on any atom is -0.394 e. The summed E-state index contributed by atoms with van der Waals surface area (Å²) in [6, 6.07) is 7.91. The van der Waals surface area contributed by atoms with Crippen LogP contribution < -0.4 is 20.9 Å². The van der Waals surface area contributed by atoms with Crippen LogP contribution in [-0.4, -0.2) is 75.6 Å². The quantitative estimate of drug-likeness (QED) is 0.222. The van der Waals surface area contributed by atoms with Gasteiger partial charge in [-0.2, -0.15) is 9.97 Å². The van der Waals surface area contributed by atoms with Crippen LogP contribution in [0.15, 0.2) is 24.3 Å². The number of nitrogens with one attached hydrogen (secondary N) is 1. The third kappa shape index (κ3) is 4.56. The molecular formula is C19H22ClIN6O5. The van der Waals surface area contributed by atoms with E-state index in [4.69, 9.17) is 22.1 Å². The van der Waals surface area contributed by atoms with E-state index >= 15 is 0 Å². The Morgan fingerprint density at radius 1 is 1.34 bits per heavy atom. The second-order valence-corrected chi connectivity index (χ2v) is 9.08. The highest BCUT2D eigenvalue weighted by Crippen LogP contribution is 2.43. The van der Waals surface area contributed by atoms with Gasteiger partial charge in [0.1, 0.15) is 24.0 Å². The average molecular weight is 577 g/mol. The van der Waals surface area contributed by atoms with E-state index < -0.39 is 37.1 Å². The summed E-state index contributed by atoms with van der Waals surface area (Å²) in [6.07, 6.45) is -4.58. The zero-order valence-electron chi connectivity index (χ0n) is 16.7. The minimum absolute atomic E-state index is 0.0495. The highest BCUT2D eigenvalue weighted by atomic mass is 127. The molecule has 0 saturated carbocycles. The van der Waals surface area contributed by atoms with Crippen molar-refractivity contribution in [3.63, 3.8) is 0 Å². The Balaban J connectivity index is 1.68. The van der Waals surface area contributed by atoms with Crippen LogP contribution in [0.25, 0.3) is 0 Å². The fourth-order valence-electron chi connectivity index (χ4n) is 3.84. The molecule has 0 aliphatic carbocycles. The smallest absolute Gasteiger partial charge is 0.237 e. The van der Waals surface area contributed by atoms with Crippen molar-refractivity contribution in [1.29, 1.82) is 0 Å². The molecule has 1 fully saturated rings. The van der Waals surface area contributed by atoms with Crippen molar-refractivity contribution in [2.75, 3.05) is 34.9 Å². The van der Waals surface area contributed by atoms with Crippen LogP contribution in [0.5, 0.6) is 0 Å². The van der Waals surface area contributed by atoms with Gasteiger partial charge in [-0.1, -0.05) is 12.1 Å². The van der Waals surface area contributed by atoms with Gasteiger partial charge in [-0.25, -0.2) is 0 Å². The van der Waals surface area contributed by atoms with Gasteiger partial charge in [-0.05, 0) is 51.9 Å². The Morgan fingerprint density at radius 2 is 2.12 bits per heavy atom. The molecule has 6 N–H and O–H groups in total. The zero-order chi connectivity index (χ0) is 23.0. The number of halogens is 2. The lowest BCUT2D eigenvalue weighted by atomic mass is 10.1.